The zero-order valence-electron chi connectivity index (χ0n) is 18.5. The van der Waals surface area contributed by atoms with Gasteiger partial charge in [0.2, 0.25) is 10.0 Å². The fourth-order valence-corrected chi connectivity index (χ4v) is 5.41. The Morgan fingerprint density at radius 3 is 2.40 bits per heavy atom. The first-order valence-electron chi connectivity index (χ1n) is 11.0. The summed E-state index contributed by atoms with van der Waals surface area (Å²) < 4.78 is 27.5. The molecule has 7 heteroatoms. The summed E-state index contributed by atoms with van der Waals surface area (Å²) in [7, 11) is 0.627. The molecule has 1 aromatic heterocycles. The third-order valence-corrected chi connectivity index (χ3v) is 7.51. The Morgan fingerprint density at radius 1 is 1.00 bits per heavy atom. The van der Waals surface area contributed by atoms with E-state index < -0.39 is 10.0 Å². The SMILES string of the molecule is CCCCCCCCS(=O)(=O)N1CCc2nc(-c3ccccc3)nc(N(C)C)c2C1. The van der Waals surface area contributed by atoms with Gasteiger partial charge in [-0.2, -0.15) is 4.31 Å². The number of fused-ring (bicyclic) bond motifs is 1. The largest absolute Gasteiger partial charge is 0.362 e. The third-order valence-electron chi connectivity index (χ3n) is 5.61. The summed E-state index contributed by atoms with van der Waals surface area (Å²) in [5.41, 5.74) is 2.86. The molecule has 0 spiro atoms. The van der Waals surface area contributed by atoms with Crippen LogP contribution in [0.4, 0.5) is 5.82 Å². The van der Waals surface area contributed by atoms with E-state index in [0.29, 0.717) is 25.3 Å². The number of sulfonamides is 1. The molecule has 0 bridgehead atoms. The van der Waals surface area contributed by atoms with E-state index in [1.807, 2.05) is 49.3 Å². The van der Waals surface area contributed by atoms with Crippen molar-refractivity contribution >= 4 is 15.8 Å². The molecule has 1 aliphatic heterocycles. The second-order valence-electron chi connectivity index (χ2n) is 8.22. The van der Waals surface area contributed by atoms with E-state index >= 15 is 0 Å². The number of hydrogen-bond donors (Lipinski definition) is 0. The minimum absolute atomic E-state index is 0.231. The molecule has 164 valence electrons. The molecule has 0 fully saturated rings. The molecule has 6 nitrogen and oxygen atoms in total. The second-order valence-corrected chi connectivity index (χ2v) is 10.3. The molecule has 0 N–H and O–H groups in total. The van der Waals surface area contributed by atoms with E-state index in [1.54, 1.807) is 4.31 Å². The van der Waals surface area contributed by atoms with Gasteiger partial charge in [-0.15, -0.1) is 0 Å². The number of anilines is 1. The van der Waals surface area contributed by atoms with Crippen molar-refractivity contribution in [3.8, 4) is 11.4 Å². The van der Waals surface area contributed by atoms with Gasteiger partial charge in [0.05, 0.1) is 11.4 Å². The van der Waals surface area contributed by atoms with Crippen LogP contribution in [-0.4, -0.2) is 49.1 Å². The Labute approximate surface area is 181 Å². The van der Waals surface area contributed by atoms with Crippen LogP contribution in [0.15, 0.2) is 30.3 Å². The topological polar surface area (TPSA) is 66.4 Å². The lowest BCUT2D eigenvalue weighted by Crippen LogP contribution is -2.38. The van der Waals surface area contributed by atoms with Crippen LogP contribution >= 0.6 is 0 Å². The van der Waals surface area contributed by atoms with Crippen molar-refractivity contribution in [2.75, 3.05) is 31.3 Å². The third kappa shape index (κ3) is 5.58. The minimum atomic E-state index is -3.26. The molecule has 2 aromatic rings. The van der Waals surface area contributed by atoms with Crippen LogP contribution in [0.25, 0.3) is 11.4 Å². The van der Waals surface area contributed by atoms with Crippen molar-refractivity contribution in [2.45, 2.75) is 58.4 Å². The van der Waals surface area contributed by atoms with Gasteiger partial charge < -0.3 is 4.90 Å². The zero-order chi connectivity index (χ0) is 21.6. The lowest BCUT2D eigenvalue weighted by atomic mass is 10.1. The van der Waals surface area contributed by atoms with Crippen LogP contribution in [0.5, 0.6) is 0 Å². The van der Waals surface area contributed by atoms with Crippen LogP contribution < -0.4 is 4.90 Å². The average molecular weight is 431 g/mol. The second kappa shape index (κ2) is 10.4. The maximum Gasteiger partial charge on any atom is 0.214 e. The smallest absolute Gasteiger partial charge is 0.214 e. The lowest BCUT2D eigenvalue weighted by molar-refractivity contribution is 0.386. The predicted molar refractivity (Wildman–Crippen MR) is 123 cm³/mol. The van der Waals surface area contributed by atoms with Crippen LogP contribution in [0.2, 0.25) is 0 Å². The highest BCUT2D eigenvalue weighted by Crippen LogP contribution is 2.30. The first-order valence-corrected chi connectivity index (χ1v) is 12.6. The fourth-order valence-electron chi connectivity index (χ4n) is 3.89. The molecule has 1 aliphatic rings. The molecular formula is C23H34N4O2S. The quantitative estimate of drug-likeness (QED) is 0.527. The van der Waals surface area contributed by atoms with E-state index in [9.17, 15) is 8.42 Å². The highest BCUT2D eigenvalue weighted by atomic mass is 32.2. The first-order chi connectivity index (χ1) is 14.4. The minimum Gasteiger partial charge on any atom is -0.362 e. The van der Waals surface area contributed by atoms with Crippen molar-refractivity contribution in [1.29, 1.82) is 0 Å². The maximum absolute atomic E-state index is 12.9. The fraction of sp³-hybridized carbons (Fsp3) is 0.565. The summed E-state index contributed by atoms with van der Waals surface area (Å²) in [4.78, 5) is 11.5. The van der Waals surface area contributed by atoms with Gasteiger partial charge in [0.25, 0.3) is 0 Å². The summed E-state index contributed by atoms with van der Waals surface area (Å²) in [6, 6.07) is 9.93. The molecule has 0 unspecified atom stereocenters. The molecule has 0 radical (unpaired) electrons. The Morgan fingerprint density at radius 2 is 1.70 bits per heavy atom. The van der Waals surface area contributed by atoms with Gasteiger partial charge >= 0.3 is 0 Å². The number of nitrogens with zero attached hydrogens (tertiary/aromatic N) is 4. The molecule has 30 heavy (non-hydrogen) atoms. The number of benzene rings is 1. The molecule has 0 atom stereocenters. The molecule has 3 rings (SSSR count). The molecule has 0 amide bonds. The maximum atomic E-state index is 12.9. The van der Waals surface area contributed by atoms with Gasteiger partial charge in [-0.1, -0.05) is 69.4 Å². The summed E-state index contributed by atoms with van der Waals surface area (Å²) in [6.07, 6.45) is 7.08. The van der Waals surface area contributed by atoms with Crippen LogP contribution in [-0.2, 0) is 23.0 Å². The van der Waals surface area contributed by atoms with Gasteiger partial charge in [-0.05, 0) is 6.42 Å². The monoisotopic (exact) mass is 430 g/mol. The van der Waals surface area contributed by atoms with Crippen LogP contribution in [0.1, 0.15) is 56.7 Å². The first kappa shape index (κ1) is 22.7. The standard InChI is InChI=1S/C23H34N4O2S/c1-4-5-6-7-8-12-17-30(28,29)27-16-15-21-20(18-27)23(26(2)3)25-22(24-21)19-13-10-9-11-14-19/h9-11,13-14H,4-8,12,15-18H2,1-3H3. The van der Waals surface area contributed by atoms with Crippen LogP contribution in [0.3, 0.4) is 0 Å². The zero-order valence-corrected chi connectivity index (χ0v) is 19.3. The van der Waals surface area contributed by atoms with Gasteiger partial charge in [-0.25, -0.2) is 18.4 Å². The predicted octanol–water partition coefficient (Wildman–Crippen LogP) is 4.26. The molecule has 0 saturated heterocycles. The summed E-state index contributed by atoms with van der Waals surface area (Å²) >= 11 is 0. The van der Waals surface area contributed by atoms with Crippen molar-refractivity contribution in [1.82, 2.24) is 14.3 Å². The van der Waals surface area contributed by atoms with E-state index in [2.05, 4.69) is 6.92 Å². The van der Waals surface area contributed by atoms with E-state index in [1.165, 1.54) is 19.3 Å². The van der Waals surface area contributed by atoms with E-state index in [-0.39, 0.29) is 5.75 Å². The van der Waals surface area contributed by atoms with E-state index in [4.69, 9.17) is 9.97 Å². The molecule has 0 aliphatic carbocycles. The summed E-state index contributed by atoms with van der Waals surface area (Å²) in [5, 5.41) is 0. The number of hydrogen-bond acceptors (Lipinski definition) is 5. The normalized spacial score (nSPS) is 14.5. The number of unbranched alkanes of at least 4 members (excludes halogenated alkanes) is 5. The Kier molecular flexibility index (Phi) is 7.83. The van der Waals surface area contributed by atoms with E-state index in [0.717, 1.165) is 41.9 Å². The number of rotatable bonds is 10. The molecule has 1 aromatic carbocycles. The molecular weight excluding hydrogens is 396 g/mol. The van der Waals surface area contributed by atoms with Gasteiger partial charge in [0, 0.05) is 44.7 Å². The Balaban J connectivity index is 1.74. The molecule has 2 heterocycles. The van der Waals surface area contributed by atoms with Gasteiger partial charge in [0.1, 0.15) is 5.82 Å². The van der Waals surface area contributed by atoms with Gasteiger partial charge in [0.15, 0.2) is 5.82 Å². The summed E-state index contributed by atoms with van der Waals surface area (Å²) in [6.45, 7) is 3.03. The van der Waals surface area contributed by atoms with Crippen molar-refractivity contribution in [3.05, 3.63) is 41.6 Å². The number of aromatic nitrogens is 2. The average Bonchev–Trinajstić information content (AvgIpc) is 2.75. The van der Waals surface area contributed by atoms with Crippen molar-refractivity contribution in [2.24, 2.45) is 0 Å². The summed E-state index contributed by atoms with van der Waals surface area (Å²) in [5.74, 6) is 1.73. The Hall–Kier alpha value is -1.99. The Bertz CT molecular complexity index is 930. The molecule has 0 saturated carbocycles. The van der Waals surface area contributed by atoms with Crippen molar-refractivity contribution < 1.29 is 8.42 Å². The highest BCUT2D eigenvalue weighted by molar-refractivity contribution is 7.89. The van der Waals surface area contributed by atoms with Crippen LogP contribution in [0, 0.1) is 0 Å². The lowest BCUT2D eigenvalue weighted by Gasteiger charge is -2.30. The van der Waals surface area contributed by atoms with Crippen molar-refractivity contribution in [3.63, 3.8) is 0 Å². The highest BCUT2D eigenvalue weighted by Gasteiger charge is 2.30. The van der Waals surface area contributed by atoms with Gasteiger partial charge in [-0.3, -0.25) is 0 Å².